The van der Waals surface area contributed by atoms with Gasteiger partial charge in [0.05, 0.1) is 24.7 Å². The number of H-pyrrole nitrogens is 1. The number of rotatable bonds is 50. The number of amides is 13. The van der Waals surface area contributed by atoms with Crippen molar-refractivity contribution in [2.75, 3.05) is 26.2 Å². The van der Waals surface area contributed by atoms with Gasteiger partial charge in [0, 0.05) is 51.4 Å². The van der Waals surface area contributed by atoms with Crippen LogP contribution in [0.2, 0.25) is 0 Å². The maximum absolute atomic E-state index is 14.1. The highest BCUT2D eigenvalue weighted by Gasteiger charge is 2.37. The first kappa shape index (κ1) is 84.7. The van der Waals surface area contributed by atoms with Crippen molar-refractivity contribution in [2.45, 2.75) is 196 Å². The van der Waals surface area contributed by atoms with Crippen LogP contribution in [-0.4, -0.2) is 219 Å². The van der Waals surface area contributed by atoms with Gasteiger partial charge in [-0.3, -0.25) is 77.9 Å². The third-order valence-corrected chi connectivity index (χ3v) is 14.2. The third-order valence-electron chi connectivity index (χ3n) is 14.2. The molecule has 1 heterocycles. The Morgan fingerprint density at radius 3 is 1.25 bits per heavy atom. The number of guanidine groups is 2. The minimum Gasteiger partial charge on any atom is -0.481 e. The Labute approximate surface area is 557 Å². The Kier molecular flexibility index (Phi) is 39.4. The lowest BCUT2D eigenvalue weighted by Gasteiger charge is -2.28. The number of carbonyl (C=O) groups is 15. The molecule has 32 N–H and O–H groups in total. The zero-order valence-corrected chi connectivity index (χ0v) is 54.4. The van der Waals surface area contributed by atoms with E-state index in [2.05, 4.69) is 73.8 Å². The van der Waals surface area contributed by atoms with E-state index in [-0.39, 0.29) is 88.6 Å². The van der Waals surface area contributed by atoms with Crippen molar-refractivity contribution in [3.63, 3.8) is 0 Å². The highest BCUT2D eigenvalue weighted by atomic mass is 16.4. The smallest absolute Gasteiger partial charge is 0.326 e. The summed E-state index contributed by atoms with van der Waals surface area (Å²) in [4.78, 5) is 205. The maximum atomic E-state index is 14.1. The second-order valence-corrected chi connectivity index (χ2v) is 23.0. The molecule has 0 aliphatic rings. The first-order valence-corrected chi connectivity index (χ1v) is 31.1. The van der Waals surface area contributed by atoms with Gasteiger partial charge in [0.1, 0.15) is 60.4 Å². The monoisotopic (exact) mass is 1380 g/mol. The van der Waals surface area contributed by atoms with E-state index in [1.807, 2.05) is 0 Å². The van der Waals surface area contributed by atoms with Gasteiger partial charge in [0.2, 0.25) is 76.8 Å². The molecule has 0 aliphatic carbocycles. The Morgan fingerprint density at radius 2 is 0.835 bits per heavy atom. The van der Waals surface area contributed by atoms with Crippen LogP contribution in [0.1, 0.15) is 129 Å². The Bertz CT molecular complexity index is 2860. The summed E-state index contributed by atoms with van der Waals surface area (Å²) in [7, 11) is 0. The van der Waals surface area contributed by atoms with Gasteiger partial charge >= 0.3 is 11.9 Å². The molecule has 1 rings (SSSR count). The molecule has 0 unspecified atom stereocenters. The number of aliphatic hydroxyl groups is 1. The van der Waals surface area contributed by atoms with E-state index >= 15 is 0 Å². The molecule has 0 saturated carbocycles. The first-order valence-electron chi connectivity index (χ1n) is 31.1. The Balaban J connectivity index is 3.47. The molecule has 0 aromatic carbocycles. The van der Waals surface area contributed by atoms with Crippen molar-refractivity contribution < 1.29 is 87.2 Å². The van der Waals surface area contributed by atoms with Crippen molar-refractivity contribution in [2.24, 2.45) is 46.1 Å². The fraction of sp³-hybridized carbons (Fsp3) is 0.643. The average Bonchev–Trinajstić information content (AvgIpc) is 1.13. The van der Waals surface area contributed by atoms with Crippen LogP contribution in [0.25, 0.3) is 0 Å². The number of nitrogens with zero attached hydrogens (tertiary/aromatic N) is 1. The zero-order valence-electron chi connectivity index (χ0n) is 54.4. The molecule has 41 nitrogen and oxygen atoms in total. The molecule has 11 atom stereocenters. The van der Waals surface area contributed by atoms with Gasteiger partial charge in [0.25, 0.3) is 0 Å². The van der Waals surface area contributed by atoms with Crippen LogP contribution in [-0.2, 0) is 78.3 Å². The molecular formula is C56H97N23O18. The van der Waals surface area contributed by atoms with Crippen molar-refractivity contribution >= 4 is 101 Å². The number of imidazole rings is 1. The summed E-state index contributed by atoms with van der Waals surface area (Å²) in [6.45, 7) is 3.70. The van der Waals surface area contributed by atoms with Gasteiger partial charge in [-0.1, -0.05) is 13.8 Å². The molecule has 0 spiro atoms. The number of carboxylic acids is 2. The van der Waals surface area contributed by atoms with Crippen LogP contribution in [0.5, 0.6) is 0 Å². The lowest BCUT2D eigenvalue weighted by atomic mass is 10.0. The number of aromatic nitrogens is 2. The van der Waals surface area contributed by atoms with Crippen molar-refractivity contribution in [1.82, 2.24) is 73.8 Å². The molecular weight excluding hydrogens is 1280 g/mol. The molecule has 41 heteroatoms. The first-order chi connectivity index (χ1) is 45.6. The standard InChI is InChI=1S/C56H97N23O18/c1-27(2)22-37(51(93)74-32(11-15-40(59)81)46(88)70-28(3)44(86)71-31(9-4-5-19-57)47(89)72-34(13-17-42(61)83)49(91)76-36(54(96)97)10-7-21-68-56(64)65)78-53(95)39(25-80)79-50(92)35(14-18-43(84)85)73-48(90)33(12-16-41(60)82)75-52(94)38(23-29-24-66-26-69-29)77-45(87)30(58)8-6-20-67-55(62)63/h24,26-28,30-39,80H,4-23,25,57-58H2,1-3H3,(H2,59,81)(H2,60,82)(H2,61,83)(H,66,69)(H,70,88)(H,71,86)(H,72,89)(H,73,90)(H,74,93)(H,75,94)(H,76,91)(H,77,87)(H,78,95)(H,79,92)(H,84,85)(H,96,97)(H4,62,63,67)(H4,64,65,68)/t28-,30-,31-,32-,33-,34-,35-,36-,37-,38-,39-/m0/s1. The summed E-state index contributed by atoms with van der Waals surface area (Å²) >= 11 is 0. The molecule has 1 aromatic heterocycles. The van der Waals surface area contributed by atoms with E-state index < -0.39 is 219 Å². The highest BCUT2D eigenvalue weighted by Crippen LogP contribution is 2.12. The summed E-state index contributed by atoms with van der Waals surface area (Å²) in [5.74, 6) is -17.5. The van der Waals surface area contributed by atoms with Gasteiger partial charge < -0.3 is 124 Å². The molecule has 1 aromatic rings. The number of hydrogen-bond acceptors (Lipinski definition) is 21. The zero-order chi connectivity index (χ0) is 73.5. The Hall–Kier alpha value is -10.3. The Morgan fingerprint density at radius 1 is 0.464 bits per heavy atom. The van der Waals surface area contributed by atoms with Crippen LogP contribution in [0, 0.1) is 16.7 Å². The largest absolute Gasteiger partial charge is 0.481 e. The summed E-state index contributed by atoms with van der Waals surface area (Å²) in [6.07, 6.45) is -1.36. The van der Waals surface area contributed by atoms with Crippen LogP contribution in [0.3, 0.4) is 0 Å². The molecule has 0 radical (unpaired) electrons. The van der Waals surface area contributed by atoms with Gasteiger partial charge in [-0.05, 0) is 96.4 Å². The van der Waals surface area contributed by atoms with Gasteiger partial charge in [0.15, 0.2) is 11.9 Å². The van der Waals surface area contributed by atoms with E-state index in [4.69, 9.17) is 51.0 Å². The van der Waals surface area contributed by atoms with E-state index in [0.717, 1.165) is 0 Å². The lowest BCUT2D eigenvalue weighted by Crippen LogP contribution is -2.61. The van der Waals surface area contributed by atoms with Crippen molar-refractivity contribution in [3.8, 4) is 0 Å². The molecule has 0 saturated heterocycles. The van der Waals surface area contributed by atoms with E-state index in [1.54, 1.807) is 13.8 Å². The SMILES string of the molecule is CC(C)C[C@H](NC(=O)[C@H](CO)NC(=O)[C@H](CCC(=O)O)NC(=O)[C@H](CCC(N)=O)NC(=O)[C@H](Cc1c[nH]cn1)NC(=O)[C@@H](N)CCCNC(=N)N)C(=O)N[C@@H](CCC(N)=O)C(=O)N[C@@H](C)C(=O)N[C@@H](CCCCN)C(=O)N[C@@H](CCC(N)=O)C(=O)N[C@@H](CCCNC(=N)N)C(=O)O. The van der Waals surface area contributed by atoms with Crippen LogP contribution in [0.15, 0.2) is 12.5 Å². The summed E-state index contributed by atoms with van der Waals surface area (Å²) in [5.41, 5.74) is 38.7. The lowest BCUT2D eigenvalue weighted by molar-refractivity contribution is -0.142. The fourth-order valence-electron chi connectivity index (χ4n) is 9.01. The van der Waals surface area contributed by atoms with Crippen molar-refractivity contribution in [3.05, 3.63) is 18.2 Å². The van der Waals surface area contributed by atoms with E-state index in [1.165, 1.54) is 19.4 Å². The second kappa shape index (κ2) is 45.1. The molecule has 0 fully saturated rings. The van der Waals surface area contributed by atoms with Crippen LogP contribution < -0.4 is 104 Å². The summed E-state index contributed by atoms with van der Waals surface area (Å²) in [6, 6.07) is -17.5. The van der Waals surface area contributed by atoms with Gasteiger partial charge in [-0.15, -0.1) is 0 Å². The van der Waals surface area contributed by atoms with Crippen LogP contribution in [0.4, 0.5) is 0 Å². The predicted molar refractivity (Wildman–Crippen MR) is 343 cm³/mol. The molecule has 97 heavy (non-hydrogen) atoms. The summed E-state index contributed by atoms with van der Waals surface area (Å²) in [5, 5.41) is 73.2. The number of primary amides is 3. The quantitative estimate of drug-likeness (QED) is 0.0164. The average molecular weight is 1380 g/mol. The normalized spacial score (nSPS) is 14.3. The minimum absolute atomic E-state index is 0.0741. The van der Waals surface area contributed by atoms with E-state index in [0.29, 0.717) is 6.42 Å². The number of carbonyl (C=O) groups excluding carboxylic acids is 13. The molecule has 13 amide bonds. The maximum Gasteiger partial charge on any atom is 0.326 e. The van der Waals surface area contributed by atoms with E-state index in [9.17, 15) is 87.2 Å². The van der Waals surface area contributed by atoms with Crippen LogP contribution >= 0.6 is 0 Å². The number of unbranched alkanes of at least 4 members (excludes halogenated alkanes) is 1. The topological polar surface area (TPSA) is 720 Å². The second-order valence-electron chi connectivity index (χ2n) is 23.0. The molecule has 544 valence electrons. The number of aromatic amines is 1. The number of aliphatic hydroxyl groups excluding tert-OH is 1. The number of hydrogen-bond donors (Lipinski definition) is 25. The number of nitrogens with two attached hydrogens (primary N) is 7. The number of nitrogens with one attached hydrogen (secondary N) is 15. The summed E-state index contributed by atoms with van der Waals surface area (Å²) < 4.78 is 0. The molecule has 0 aliphatic heterocycles. The number of carboxylic acid groups (broad SMARTS) is 2. The van der Waals surface area contributed by atoms with Crippen molar-refractivity contribution in [1.29, 1.82) is 10.8 Å². The highest BCUT2D eigenvalue weighted by molar-refractivity contribution is 5.99. The van der Waals surface area contributed by atoms with Gasteiger partial charge in [-0.2, -0.15) is 0 Å². The minimum atomic E-state index is -1.96. The van der Waals surface area contributed by atoms with Gasteiger partial charge in [-0.25, -0.2) is 9.78 Å². The predicted octanol–water partition coefficient (Wildman–Crippen LogP) is -9.41. The third kappa shape index (κ3) is 35.7. The fourth-order valence-corrected chi connectivity index (χ4v) is 9.01. The number of aliphatic carboxylic acids is 2. The molecule has 0 bridgehead atoms.